The summed E-state index contributed by atoms with van der Waals surface area (Å²) < 4.78 is 0. The number of hydrogen-bond acceptors (Lipinski definition) is 2. The molecule has 0 aromatic heterocycles. The van der Waals surface area contributed by atoms with Gasteiger partial charge in [0.15, 0.2) is 0 Å². The molecule has 0 rings (SSSR count). The van der Waals surface area contributed by atoms with E-state index in [0.29, 0.717) is 0 Å². The highest BCUT2D eigenvalue weighted by molar-refractivity contribution is 5.67. The van der Waals surface area contributed by atoms with E-state index < -0.39 is 11.9 Å². The van der Waals surface area contributed by atoms with Gasteiger partial charge in [0.2, 0.25) is 0 Å². The second kappa shape index (κ2) is 11.6. The van der Waals surface area contributed by atoms with E-state index in [1.807, 2.05) is 0 Å². The molecule has 124 valence electrons. The molecular weight excluding hydrogens is 268 g/mol. The SMILES string of the molecule is CCC(CC)(CCCCCCCCCC(=O)O)CC(=O)O. The van der Waals surface area contributed by atoms with Crippen molar-refractivity contribution in [2.24, 2.45) is 5.41 Å². The smallest absolute Gasteiger partial charge is 0.303 e. The number of carbonyl (C=O) groups is 2. The van der Waals surface area contributed by atoms with E-state index in [4.69, 9.17) is 10.2 Å². The molecule has 0 aliphatic carbocycles. The van der Waals surface area contributed by atoms with Crippen LogP contribution in [0.25, 0.3) is 0 Å². The first-order valence-electron chi connectivity index (χ1n) is 8.39. The number of unbranched alkanes of at least 4 members (excludes halogenated alkanes) is 6. The molecule has 0 amide bonds. The van der Waals surface area contributed by atoms with Crippen molar-refractivity contribution in [2.75, 3.05) is 0 Å². The van der Waals surface area contributed by atoms with Crippen molar-refractivity contribution in [3.63, 3.8) is 0 Å². The van der Waals surface area contributed by atoms with Crippen LogP contribution in [0, 0.1) is 5.41 Å². The average molecular weight is 300 g/mol. The Morgan fingerprint density at radius 1 is 0.762 bits per heavy atom. The van der Waals surface area contributed by atoms with Crippen molar-refractivity contribution in [3.8, 4) is 0 Å². The van der Waals surface area contributed by atoms with Crippen LogP contribution in [0.2, 0.25) is 0 Å². The molecule has 0 bridgehead atoms. The minimum absolute atomic E-state index is 0.0205. The molecule has 21 heavy (non-hydrogen) atoms. The Hall–Kier alpha value is -1.06. The highest BCUT2D eigenvalue weighted by Crippen LogP contribution is 2.36. The normalized spacial score (nSPS) is 11.5. The topological polar surface area (TPSA) is 74.6 Å². The summed E-state index contributed by atoms with van der Waals surface area (Å²) in [5.41, 5.74) is -0.0205. The van der Waals surface area contributed by atoms with Crippen molar-refractivity contribution in [2.45, 2.75) is 90.9 Å². The largest absolute Gasteiger partial charge is 0.481 e. The molecule has 0 saturated carbocycles. The molecule has 0 heterocycles. The molecule has 0 radical (unpaired) electrons. The number of carboxylic acids is 2. The first-order valence-corrected chi connectivity index (χ1v) is 8.39. The lowest BCUT2D eigenvalue weighted by Crippen LogP contribution is -2.23. The van der Waals surface area contributed by atoms with Gasteiger partial charge in [-0.3, -0.25) is 9.59 Å². The van der Waals surface area contributed by atoms with Gasteiger partial charge in [0.1, 0.15) is 0 Å². The summed E-state index contributed by atoms with van der Waals surface area (Å²) >= 11 is 0. The predicted octanol–water partition coefficient (Wildman–Crippen LogP) is 4.86. The maximum atomic E-state index is 11.0. The third-order valence-electron chi connectivity index (χ3n) is 4.62. The van der Waals surface area contributed by atoms with Crippen LogP contribution in [0.1, 0.15) is 90.9 Å². The lowest BCUT2D eigenvalue weighted by atomic mass is 9.75. The van der Waals surface area contributed by atoms with Gasteiger partial charge in [-0.1, -0.05) is 52.4 Å². The summed E-state index contributed by atoms with van der Waals surface area (Å²) in [5, 5.41) is 17.6. The maximum Gasteiger partial charge on any atom is 0.303 e. The van der Waals surface area contributed by atoms with Crippen LogP contribution in [-0.2, 0) is 9.59 Å². The zero-order valence-electron chi connectivity index (χ0n) is 13.7. The molecule has 0 aliphatic heterocycles. The van der Waals surface area contributed by atoms with Gasteiger partial charge in [0, 0.05) is 6.42 Å². The van der Waals surface area contributed by atoms with Crippen molar-refractivity contribution in [1.82, 2.24) is 0 Å². The third kappa shape index (κ3) is 10.3. The number of rotatable bonds is 14. The molecule has 0 unspecified atom stereocenters. The fourth-order valence-electron chi connectivity index (χ4n) is 2.92. The van der Waals surface area contributed by atoms with E-state index >= 15 is 0 Å². The summed E-state index contributed by atoms with van der Waals surface area (Å²) in [7, 11) is 0. The summed E-state index contributed by atoms with van der Waals surface area (Å²) in [4.78, 5) is 21.3. The van der Waals surface area contributed by atoms with Crippen LogP contribution in [0.15, 0.2) is 0 Å². The van der Waals surface area contributed by atoms with Gasteiger partial charge in [-0.25, -0.2) is 0 Å². The number of hydrogen-bond donors (Lipinski definition) is 2. The average Bonchev–Trinajstić information content (AvgIpc) is 2.43. The van der Waals surface area contributed by atoms with E-state index in [1.165, 1.54) is 6.42 Å². The second-order valence-corrected chi connectivity index (χ2v) is 6.15. The van der Waals surface area contributed by atoms with Crippen LogP contribution < -0.4 is 0 Å². The highest BCUT2D eigenvalue weighted by Gasteiger charge is 2.28. The molecule has 0 spiro atoms. The lowest BCUT2D eigenvalue weighted by molar-refractivity contribution is -0.140. The molecule has 4 heteroatoms. The van der Waals surface area contributed by atoms with E-state index in [9.17, 15) is 9.59 Å². The molecule has 4 nitrogen and oxygen atoms in total. The first-order chi connectivity index (χ1) is 9.95. The Morgan fingerprint density at radius 3 is 1.67 bits per heavy atom. The fraction of sp³-hybridized carbons (Fsp3) is 0.882. The monoisotopic (exact) mass is 300 g/mol. The Kier molecular flexibility index (Phi) is 11.0. The van der Waals surface area contributed by atoms with E-state index in [1.54, 1.807) is 0 Å². The van der Waals surface area contributed by atoms with Gasteiger partial charge in [-0.05, 0) is 31.1 Å². The molecule has 0 atom stereocenters. The lowest BCUT2D eigenvalue weighted by Gasteiger charge is -2.30. The molecular formula is C17H32O4. The van der Waals surface area contributed by atoms with Gasteiger partial charge >= 0.3 is 11.9 Å². The first kappa shape index (κ1) is 19.9. The molecule has 0 aromatic carbocycles. The fourth-order valence-corrected chi connectivity index (χ4v) is 2.92. The summed E-state index contributed by atoms with van der Waals surface area (Å²) in [6.45, 7) is 4.18. The van der Waals surface area contributed by atoms with Crippen molar-refractivity contribution < 1.29 is 19.8 Å². The standard InChI is InChI=1S/C17H32O4/c1-3-17(4-2,14-16(20)21)13-11-9-7-5-6-8-10-12-15(18)19/h3-14H2,1-2H3,(H,18,19)(H,20,21). The third-order valence-corrected chi connectivity index (χ3v) is 4.62. The van der Waals surface area contributed by atoms with Crippen LogP contribution in [-0.4, -0.2) is 22.2 Å². The van der Waals surface area contributed by atoms with E-state index in [0.717, 1.165) is 57.8 Å². The van der Waals surface area contributed by atoms with Crippen LogP contribution in [0.5, 0.6) is 0 Å². The molecule has 0 fully saturated rings. The minimum atomic E-state index is -0.705. The van der Waals surface area contributed by atoms with Gasteiger partial charge < -0.3 is 10.2 Å². The predicted molar refractivity (Wildman–Crippen MR) is 84.5 cm³/mol. The van der Waals surface area contributed by atoms with Crippen LogP contribution in [0.3, 0.4) is 0 Å². The van der Waals surface area contributed by atoms with E-state index in [-0.39, 0.29) is 18.3 Å². The molecule has 2 N–H and O–H groups in total. The summed E-state index contributed by atoms with van der Waals surface area (Å²) in [5.74, 6) is -1.39. The zero-order chi connectivity index (χ0) is 16.1. The van der Waals surface area contributed by atoms with Crippen molar-refractivity contribution in [3.05, 3.63) is 0 Å². The minimum Gasteiger partial charge on any atom is -0.481 e. The van der Waals surface area contributed by atoms with Crippen LogP contribution >= 0.6 is 0 Å². The summed E-state index contributed by atoms with van der Waals surface area (Å²) in [6.07, 6.45) is 10.9. The Labute approximate surface area is 128 Å². The Balaban J connectivity index is 3.67. The van der Waals surface area contributed by atoms with Crippen molar-refractivity contribution in [1.29, 1.82) is 0 Å². The number of aliphatic carboxylic acids is 2. The Bertz CT molecular complexity index is 295. The van der Waals surface area contributed by atoms with Crippen LogP contribution in [0.4, 0.5) is 0 Å². The maximum absolute atomic E-state index is 11.0. The Morgan fingerprint density at radius 2 is 1.24 bits per heavy atom. The van der Waals surface area contributed by atoms with E-state index in [2.05, 4.69) is 13.8 Å². The van der Waals surface area contributed by atoms with Gasteiger partial charge in [0.05, 0.1) is 6.42 Å². The zero-order valence-corrected chi connectivity index (χ0v) is 13.7. The van der Waals surface area contributed by atoms with Gasteiger partial charge in [0.25, 0.3) is 0 Å². The number of carboxylic acid groups (broad SMARTS) is 2. The second-order valence-electron chi connectivity index (χ2n) is 6.15. The highest BCUT2D eigenvalue weighted by atomic mass is 16.4. The van der Waals surface area contributed by atoms with Gasteiger partial charge in [-0.15, -0.1) is 0 Å². The summed E-state index contributed by atoms with van der Waals surface area (Å²) in [6, 6.07) is 0. The van der Waals surface area contributed by atoms with Gasteiger partial charge in [-0.2, -0.15) is 0 Å². The molecule has 0 aromatic rings. The molecule has 0 saturated heterocycles. The quantitative estimate of drug-likeness (QED) is 0.449. The molecule has 0 aliphatic rings. The van der Waals surface area contributed by atoms with Crippen molar-refractivity contribution >= 4 is 11.9 Å².